The van der Waals surface area contributed by atoms with Crippen molar-refractivity contribution in [1.29, 1.82) is 0 Å². The minimum absolute atomic E-state index is 0.00164. The van der Waals surface area contributed by atoms with Crippen molar-refractivity contribution in [2.75, 3.05) is 58.4 Å². The highest BCUT2D eigenvalue weighted by Gasteiger charge is 2.37. The number of aromatic nitrogens is 4. The number of carbonyl (C=O) groups excluding carboxylic acids is 8. The number of Topliss-reactive ketones (excluding diaryl/α,β-unsaturated/α-hetero) is 2. The maximum absolute atomic E-state index is 14.3. The van der Waals surface area contributed by atoms with Gasteiger partial charge < -0.3 is 49.5 Å². The molecular formula is C77H78F2N10O13S4. The van der Waals surface area contributed by atoms with E-state index in [4.69, 9.17) is 19.9 Å². The van der Waals surface area contributed by atoms with Crippen LogP contribution in [0.15, 0.2) is 156 Å². The summed E-state index contributed by atoms with van der Waals surface area (Å²) in [7, 11) is 9.53. The Morgan fingerprint density at radius 1 is 0.604 bits per heavy atom. The lowest BCUT2D eigenvalue weighted by Gasteiger charge is -2.28. The van der Waals surface area contributed by atoms with E-state index in [0.29, 0.717) is 91.9 Å². The van der Waals surface area contributed by atoms with E-state index in [1.54, 1.807) is 56.9 Å². The Labute approximate surface area is 625 Å². The molecule has 4 N–H and O–H groups in total. The number of amides is 4. The van der Waals surface area contributed by atoms with Crippen LogP contribution in [0.4, 0.5) is 19.3 Å². The third-order valence-corrected chi connectivity index (χ3v) is 22.8. The second-order valence-corrected chi connectivity index (χ2v) is 30.4. The van der Waals surface area contributed by atoms with Crippen LogP contribution in [0.2, 0.25) is 0 Å². The second-order valence-electron chi connectivity index (χ2n) is 25.6. The van der Waals surface area contributed by atoms with Gasteiger partial charge in [-0.2, -0.15) is 0 Å². The molecule has 29 heteroatoms. The van der Waals surface area contributed by atoms with Gasteiger partial charge in [0.2, 0.25) is 23.6 Å². The number of likely N-dealkylation sites (tertiary alicyclic amines) is 2. The summed E-state index contributed by atoms with van der Waals surface area (Å²) < 4.78 is 43.6. The Morgan fingerprint density at radius 3 is 1.53 bits per heavy atom. The number of benzene rings is 5. The first-order valence-corrected chi connectivity index (χ1v) is 39.3. The molecule has 4 aliphatic rings. The SMILES string of the molecule is CN(Cc1ccc(-c2[nH]c3cc(F)cc4c3c2CCCC4=O)cc1)C(=O)[C@@H]1CCCN1C(=O)CCC(=O)OCCSSc1ccccn1.CN(Cc1ccc(-c2[nH]c3cc(F)cc4c3c2CCCC4=O)cc1)C(=O)[C@@H]1CCCN1C(=O)CN.O=C(OCCSSc1ccccn1)Oc1ccc([N+](=O)[O-])cc1. The standard InChI is InChI=1S/C36H37FN4O5S2.C27H29FN4O3.C14H12N2O5S2/c1-40(22-23-10-12-24(13-11-23)35-26-6-4-8-30(42)27-20-25(37)21-28(39-35)34(26)27)36(45)29-7-5-17-41(29)32(43)14-15-33(44)46-18-19-47-48-31-9-2-3-16-38-31;1-31(27(35)22-5-3-11-32(22)24(34)14-29)15-16-7-9-17(10-8-16)26-19-4-2-6-23(33)20-12-18(28)13-21(30-26)25(19)20;17-14(21-12-6-4-11(5-7-12)16(18)19)20-9-10-22-23-13-3-1-2-8-15-13/h2-3,9-13,16,20-21,29,39H,4-8,14-15,17-19,22H2,1H3;7-10,12-13,22,30H,2-6,11,14-15,29H2,1H3;1-8H,9-10H2/t29-;22-;/m00./s1. The van der Waals surface area contributed by atoms with Crippen molar-refractivity contribution >= 4 is 118 Å². The molecule has 6 heterocycles. The number of carbonyl (C=O) groups is 8. The number of H-pyrrole nitrogens is 2. The summed E-state index contributed by atoms with van der Waals surface area (Å²) in [5, 5.41) is 13.9. The minimum Gasteiger partial charge on any atom is -0.465 e. The molecule has 552 valence electrons. The summed E-state index contributed by atoms with van der Waals surface area (Å²) in [4.78, 5) is 132. The Hall–Kier alpha value is -9.94. The first-order chi connectivity index (χ1) is 51.3. The molecule has 0 spiro atoms. The Kier molecular flexibility index (Phi) is 26.8. The molecule has 0 radical (unpaired) electrons. The van der Waals surface area contributed by atoms with Gasteiger partial charge >= 0.3 is 12.1 Å². The largest absolute Gasteiger partial charge is 0.513 e. The van der Waals surface area contributed by atoms with E-state index in [1.165, 1.54) is 80.9 Å². The topological polar surface area (TPSA) is 304 Å². The predicted molar refractivity (Wildman–Crippen MR) is 404 cm³/mol. The number of aromatic amines is 2. The van der Waals surface area contributed by atoms with Crippen LogP contribution >= 0.6 is 43.2 Å². The fraction of sp³-hybridized carbons (Fsp3) is 0.325. The highest BCUT2D eigenvalue weighted by molar-refractivity contribution is 8.77. The maximum atomic E-state index is 14.3. The molecule has 4 amide bonds. The predicted octanol–water partition coefficient (Wildman–Crippen LogP) is 13.9. The summed E-state index contributed by atoms with van der Waals surface area (Å²) in [6.45, 7) is 2.19. The fourth-order valence-corrected chi connectivity index (χ4v) is 16.8. The molecule has 2 fully saturated rings. The lowest BCUT2D eigenvalue weighted by Crippen LogP contribution is -2.48. The normalized spacial score (nSPS) is 15.2. The molecule has 13 rings (SSSR count). The van der Waals surface area contributed by atoms with Crippen LogP contribution in [-0.2, 0) is 59.4 Å². The summed E-state index contributed by atoms with van der Waals surface area (Å²) in [6, 6.07) is 36.8. The smallest absolute Gasteiger partial charge is 0.465 e. The van der Waals surface area contributed by atoms with Crippen molar-refractivity contribution in [1.82, 2.24) is 39.5 Å². The molecule has 23 nitrogen and oxygen atoms in total. The molecule has 0 saturated carbocycles. The van der Waals surface area contributed by atoms with Gasteiger partial charge in [0.25, 0.3) is 5.69 Å². The molecule has 5 aromatic carbocycles. The van der Waals surface area contributed by atoms with Crippen molar-refractivity contribution in [3.8, 4) is 28.3 Å². The minimum atomic E-state index is -0.845. The van der Waals surface area contributed by atoms with Crippen molar-refractivity contribution in [2.24, 2.45) is 5.73 Å². The van der Waals surface area contributed by atoms with Gasteiger partial charge in [-0.1, -0.05) is 82.3 Å². The lowest BCUT2D eigenvalue weighted by molar-refractivity contribution is -0.384. The first kappa shape index (κ1) is 77.2. The zero-order valence-corrected chi connectivity index (χ0v) is 61.5. The third-order valence-electron chi connectivity index (χ3n) is 18.3. The van der Waals surface area contributed by atoms with Crippen LogP contribution in [0, 0.1) is 21.7 Å². The molecular weight excluding hydrogens is 1440 g/mol. The van der Waals surface area contributed by atoms with Crippen LogP contribution < -0.4 is 10.5 Å². The van der Waals surface area contributed by atoms with Crippen molar-refractivity contribution < 1.29 is 66.3 Å². The highest BCUT2D eigenvalue weighted by atomic mass is 33.1. The number of aryl methyl sites for hydroxylation is 2. The van der Waals surface area contributed by atoms with Gasteiger partial charge in [0.05, 0.1) is 17.9 Å². The summed E-state index contributed by atoms with van der Waals surface area (Å²) in [5.41, 5.74) is 15.2. The highest BCUT2D eigenvalue weighted by Crippen LogP contribution is 2.40. The number of nitrogens with one attached hydrogen (secondary N) is 2. The van der Waals surface area contributed by atoms with E-state index < -0.39 is 40.8 Å². The molecule has 9 aromatic rings. The molecule has 0 bridgehead atoms. The first-order valence-electron chi connectivity index (χ1n) is 34.7. The number of halogens is 2. The van der Waals surface area contributed by atoms with E-state index in [1.807, 2.05) is 84.9 Å². The van der Waals surface area contributed by atoms with Crippen LogP contribution in [0.5, 0.6) is 5.75 Å². The van der Waals surface area contributed by atoms with Crippen LogP contribution in [0.3, 0.4) is 0 Å². The monoisotopic (exact) mass is 1520 g/mol. The molecule has 106 heavy (non-hydrogen) atoms. The summed E-state index contributed by atoms with van der Waals surface area (Å²) >= 11 is 0. The number of rotatable bonds is 24. The molecule has 0 unspecified atom stereocenters. The number of ether oxygens (including phenoxy) is 3. The van der Waals surface area contributed by atoms with Gasteiger partial charge in [0, 0.05) is 140 Å². The van der Waals surface area contributed by atoms with Gasteiger partial charge in [-0.15, -0.1) is 0 Å². The number of ketones is 2. The quantitative estimate of drug-likeness (QED) is 0.0126. The average Bonchev–Trinajstić information content (AvgIpc) is 1.61. The molecule has 2 atom stereocenters. The van der Waals surface area contributed by atoms with E-state index in [0.717, 1.165) is 97.7 Å². The number of esters is 1. The number of nitrogens with two attached hydrogens (primary N) is 1. The van der Waals surface area contributed by atoms with E-state index in [9.17, 15) is 57.3 Å². The van der Waals surface area contributed by atoms with Crippen molar-refractivity contribution in [2.45, 2.75) is 112 Å². The zero-order valence-electron chi connectivity index (χ0n) is 58.3. The Bertz CT molecular complexity index is 4670. The number of nitro groups is 1. The van der Waals surface area contributed by atoms with E-state index >= 15 is 0 Å². The fourth-order valence-electron chi connectivity index (χ4n) is 13.3. The van der Waals surface area contributed by atoms with Gasteiger partial charge in [-0.05, 0) is 167 Å². The van der Waals surface area contributed by atoms with E-state index in [-0.39, 0.29) is 79.2 Å². The zero-order chi connectivity index (χ0) is 74.8. The Balaban J connectivity index is 0.000000169. The molecule has 4 aromatic heterocycles. The summed E-state index contributed by atoms with van der Waals surface area (Å²) in [6.07, 6.45) is 9.05. The lowest BCUT2D eigenvalue weighted by atomic mass is 9.99. The number of nitro benzene ring substituents is 1. The van der Waals surface area contributed by atoms with Crippen molar-refractivity contribution in [3.05, 3.63) is 201 Å². The maximum Gasteiger partial charge on any atom is 0.513 e. The van der Waals surface area contributed by atoms with Crippen LogP contribution in [0.1, 0.15) is 107 Å². The average molecular weight is 1520 g/mol. The number of hydrogen-bond donors (Lipinski definition) is 3. The second kappa shape index (κ2) is 36.9. The number of nitrogens with zero attached hydrogens (tertiary/aromatic N) is 7. The number of pyridine rings is 2. The number of likely N-dealkylation sites (N-methyl/N-ethyl adjacent to an activating group) is 2. The van der Waals surface area contributed by atoms with Gasteiger partial charge in [-0.3, -0.25) is 43.7 Å². The van der Waals surface area contributed by atoms with Gasteiger partial charge in [0.1, 0.15) is 52.7 Å². The van der Waals surface area contributed by atoms with E-state index in [2.05, 4.69) is 19.9 Å². The Morgan fingerprint density at radius 2 is 1.08 bits per heavy atom. The van der Waals surface area contributed by atoms with Gasteiger partial charge in [0.15, 0.2) is 11.6 Å². The molecule has 2 saturated heterocycles. The van der Waals surface area contributed by atoms with Crippen LogP contribution in [0.25, 0.3) is 44.3 Å². The van der Waals surface area contributed by atoms with Gasteiger partial charge in [-0.25, -0.2) is 23.5 Å². The molecule has 2 aliphatic heterocycles. The summed E-state index contributed by atoms with van der Waals surface area (Å²) in [5.74, 6) is -0.579. The third kappa shape index (κ3) is 19.8. The number of hydrogen-bond acceptors (Lipinski definition) is 20. The molecule has 2 aliphatic carbocycles. The van der Waals surface area contributed by atoms with Crippen molar-refractivity contribution in [3.63, 3.8) is 0 Å². The number of non-ortho nitro benzene ring substituents is 1. The van der Waals surface area contributed by atoms with Crippen LogP contribution in [-0.4, -0.2) is 162 Å².